The van der Waals surface area contributed by atoms with Crippen LogP contribution >= 0.6 is 0 Å². The first-order valence-corrected chi connectivity index (χ1v) is 2.56. The average Bonchev–Trinajstić information content (AvgIpc) is 1.66. The molecular weight excluding hydrogens is 102 g/mol. The van der Waals surface area contributed by atoms with E-state index in [0.29, 0.717) is 6.54 Å². The van der Waals surface area contributed by atoms with Gasteiger partial charge >= 0.3 is 0 Å². The molecule has 46 valence electrons. The second kappa shape index (κ2) is 4.53. The number of aliphatic hydroxyl groups excluding tert-OH is 1. The van der Waals surface area contributed by atoms with Crippen molar-refractivity contribution in [2.75, 3.05) is 6.54 Å². The first-order valence-electron chi connectivity index (χ1n) is 2.56. The van der Waals surface area contributed by atoms with Gasteiger partial charge in [0, 0.05) is 6.21 Å². The van der Waals surface area contributed by atoms with Gasteiger partial charge in [0.15, 0.2) is 0 Å². The van der Waals surface area contributed by atoms with Crippen LogP contribution in [-0.2, 0) is 0 Å². The van der Waals surface area contributed by atoms with E-state index in [2.05, 4.69) is 11.6 Å². The molecule has 1 atom stereocenters. The Morgan fingerprint density at radius 2 is 2.50 bits per heavy atom. The van der Waals surface area contributed by atoms with Gasteiger partial charge in [0.2, 0.25) is 0 Å². The lowest BCUT2D eigenvalue weighted by molar-refractivity contribution is 0.267. The average molecular weight is 113 g/mol. The van der Waals surface area contributed by atoms with Crippen LogP contribution in [0.15, 0.2) is 17.6 Å². The summed E-state index contributed by atoms with van der Waals surface area (Å²) in [5.41, 5.74) is 0. The van der Waals surface area contributed by atoms with Crippen molar-refractivity contribution in [2.45, 2.75) is 13.0 Å². The van der Waals surface area contributed by atoms with Crippen LogP contribution in [0.3, 0.4) is 0 Å². The Labute approximate surface area is 49.6 Å². The summed E-state index contributed by atoms with van der Waals surface area (Å²) in [5.74, 6) is 0. The monoisotopic (exact) mass is 113 g/mol. The number of aliphatic hydroxyl groups is 1. The minimum Gasteiger partial charge on any atom is -0.388 e. The van der Waals surface area contributed by atoms with Gasteiger partial charge in [0.25, 0.3) is 0 Å². The number of hydrogen-bond donors (Lipinski definition) is 1. The van der Waals surface area contributed by atoms with E-state index >= 15 is 0 Å². The summed E-state index contributed by atoms with van der Waals surface area (Å²) >= 11 is 0. The molecular formula is C6H11NO. The first kappa shape index (κ1) is 7.37. The van der Waals surface area contributed by atoms with Gasteiger partial charge in [-0.3, -0.25) is 4.99 Å². The Bertz CT molecular complexity index is 86.5. The summed E-state index contributed by atoms with van der Waals surface area (Å²) in [6, 6.07) is 0. The molecule has 1 unspecified atom stereocenters. The Balaban J connectivity index is 3.19. The highest BCUT2D eigenvalue weighted by molar-refractivity contribution is 5.61. The molecule has 0 aromatic heterocycles. The standard InChI is InChI=1S/C6H11NO/c1-3-4-7-5-6(2)8/h3,5-6,8H,1,4H2,2H3/b7-5-. The van der Waals surface area contributed by atoms with Crippen molar-refractivity contribution in [2.24, 2.45) is 4.99 Å². The van der Waals surface area contributed by atoms with Crippen LogP contribution in [0.5, 0.6) is 0 Å². The van der Waals surface area contributed by atoms with E-state index in [-0.39, 0.29) is 0 Å². The van der Waals surface area contributed by atoms with E-state index < -0.39 is 6.10 Å². The summed E-state index contributed by atoms with van der Waals surface area (Å²) in [5, 5.41) is 8.60. The summed E-state index contributed by atoms with van der Waals surface area (Å²) in [7, 11) is 0. The zero-order chi connectivity index (χ0) is 6.41. The van der Waals surface area contributed by atoms with Gasteiger partial charge in [0.05, 0.1) is 12.6 Å². The molecule has 0 amide bonds. The van der Waals surface area contributed by atoms with Crippen LogP contribution in [-0.4, -0.2) is 24.0 Å². The molecule has 0 spiro atoms. The topological polar surface area (TPSA) is 32.6 Å². The second-order valence-corrected chi connectivity index (χ2v) is 1.54. The third-order valence-electron chi connectivity index (χ3n) is 0.556. The van der Waals surface area contributed by atoms with Gasteiger partial charge in [-0.15, -0.1) is 6.58 Å². The molecule has 0 rings (SSSR count). The van der Waals surface area contributed by atoms with Crippen molar-refractivity contribution in [3.63, 3.8) is 0 Å². The lowest BCUT2D eigenvalue weighted by atomic mass is 10.4. The van der Waals surface area contributed by atoms with Crippen LogP contribution in [0.1, 0.15) is 6.92 Å². The van der Waals surface area contributed by atoms with E-state index in [0.717, 1.165) is 0 Å². The van der Waals surface area contributed by atoms with Crippen LogP contribution in [0.25, 0.3) is 0 Å². The molecule has 0 heterocycles. The van der Waals surface area contributed by atoms with Gasteiger partial charge in [0.1, 0.15) is 0 Å². The smallest absolute Gasteiger partial charge is 0.0859 e. The molecule has 0 radical (unpaired) electrons. The van der Waals surface area contributed by atoms with Gasteiger partial charge in [-0.05, 0) is 6.92 Å². The van der Waals surface area contributed by atoms with Gasteiger partial charge in [-0.25, -0.2) is 0 Å². The normalized spacial score (nSPS) is 14.2. The molecule has 2 nitrogen and oxygen atoms in total. The third-order valence-corrected chi connectivity index (χ3v) is 0.556. The Kier molecular flexibility index (Phi) is 4.17. The zero-order valence-corrected chi connectivity index (χ0v) is 5.04. The van der Waals surface area contributed by atoms with Crippen LogP contribution in [0.2, 0.25) is 0 Å². The minimum absolute atomic E-state index is 0.435. The largest absolute Gasteiger partial charge is 0.388 e. The maximum Gasteiger partial charge on any atom is 0.0859 e. The van der Waals surface area contributed by atoms with Crippen LogP contribution in [0.4, 0.5) is 0 Å². The van der Waals surface area contributed by atoms with Crippen molar-refractivity contribution in [3.05, 3.63) is 12.7 Å². The lowest BCUT2D eigenvalue weighted by Crippen LogP contribution is -1.99. The Morgan fingerprint density at radius 1 is 1.88 bits per heavy atom. The number of hydrogen-bond acceptors (Lipinski definition) is 2. The fraction of sp³-hybridized carbons (Fsp3) is 0.500. The molecule has 0 bridgehead atoms. The van der Waals surface area contributed by atoms with E-state index in [1.54, 1.807) is 13.0 Å². The SMILES string of the molecule is C=CC/N=C\C(C)O. The molecule has 8 heavy (non-hydrogen) atoms. The van der Waals surface area contributed by atoms with Crippen molar-refractivity contribution in [1.82, 2.24) is 0 Å². The van der Waals surface area contributed by atoms with Gasteiger partial charge in [-0.2, -0.15) is 0 Å². The van der Waals surface area contributed by atoms with E-state index in [1.165, 1.54) is 6.21 Å². The third kappa shape index (κ3) is 5.37. The van der Waals surface area contributed by atoms with Crippen molar-refractivity contribution in [1.29, 1.82) is 0 Å². The summed E-state index contributed by atoms with van der Waals surface area (Å²) in [4.78, 5) is 3.80. The molecule has 0 fully saturated rings. The maximum absolute atomic E-state index is 8.60. The minimum atomic E-state index is -0.435. The van der Waals surface area contributed by atoms with Crippen molar-refractivity contribution in [3.8, 4) is 0 Å². The zero-order valence-electron chi connectivity index (χ0n) is 5.04. The Morgan fingerprint density at radius 3 is 2.88 bits per heavy atom. The Hall–Kier alpha value is -0.630. The molecule has 0 aliphatic carbocycles. The molecule has 0 aliphatic heterocycles. The van der Waals surface area contributed by atoms with Crippen molar-refractivity contribution < 1.29 is 5.11 Å². The molecule has 1 N–H and O–H groups in total. The lowest BCUT2D eigenvalue weighted by Gasteiger charge is -1.89. The highest BCUT2D eigenvalue weighted by Gasteiger charge is 1.81. The second-order valence-electron chi connectivity index (χ2n) is 1.54. The predicted molar refractivity (Wildman–Crippen MR) is 35.2 cm³/mol. The quantitative estimate of drug-likeness (QED) is 0.422. The van der Waals surface area contributed by atoms with E-state index in [4.69, 9.17) is 5.11 Å². The fourth-order valence-corrected chi connectivity index (χ4v) is 0.288. The fourth-order valence-electron chi connectivity index (χ4n) is 0.288. The molecule has 0 aliphatic rings. The number of nitrogens with zero attached hydrogens (tertiary/aromatic N) is 1. The highest BCUT2D eigenvalue weighted by Crippen LogP contribution is 1.73. The van der Waals surface area contributed by atoms with Crippen molar-refractivity contribution >= 4 is 6.21 Å². The van der Waals surface area contributed by atoms with Gasteiger partial charge in [-0.1, -0.05) is 6.08 Å². The van der Waals surface area contributed by atoms with E-state index in [1.807, 2.05) is 0 Å². The molecule has 0 aromatic carbocycles. The molecule has 0 aromatic rings. The van der Waals surface area contributed by atoms with Gasteiger partial charge < -0.3 is 5.11 Å². The van der Waals surface area contributed by atoms with Crippen LogP contribution < -0.4 is 0 Å². The molecule has 2 heteroatoms. The number of rotatable bonds is 3. The summed E-state index contributed by atoms with van der Waals surface area (Å²) < 4.78 is 0. The number of aliphatic imine (C=N–C) groups is 1. The summed E-state index contributed by atoms with van der Waals surface area (Å²) in [6.45, 7) is 5.71. The maximum atomic E-state index is 8.60. The highest BCUT2D eigenvalue weighted by atomic mass is 16.3. The molecule has 0 saturated heterocycles. The predicted octanol–water partition coefficient (Wildman–Crippen LogP) is 0.624. The molecule has 0 saturated carbocycles. The van der Waals surface area contributed by atoms with E-state index in [9.17, 15) is 0 Å². The summed E-state index contributed by atoms with van der Waals surface area (Å²) in [6.07, 6.45) is 2.73. The first-order chi connectivity index (χ1) is 3.77. The van der Waals surface area contributed by atoms with Crippen LogP contribution in [0, 0.1) is 0 Å².